The molecule has 5 heteroatoms. The van der Waals surface area contributed by atoms with Crippen LogP contribution in [-0.4, -0.2) is 23.5 Å². The van der Waals surface area contributed by atoms with Crippen molar-refractivity contribution in [3.05, 3.63) is 24.0 Å². The van der Waals surface area contributed by atoms with Crippen molar-refractivity contribution in [1.29, 1.82) is 0 Å². The Morgan fingerprint density at radius 1 is 1.47 bits per heavy atom. The maximum Gasteiger partial charge on any atom is 0.240 e. The minimum atomic E-state index is -0.257. The van der Waals surface area contributed by atoms with E-state index in [4.69, 9.17) is 11.5 Å². The second-order valence-electron chi connectivity index (χ2n) is 4.32. The lowest BCUT2D eigenvalue weighted by molar-refractivity contribution is -0.119. The second-order valence-corrected chi connectivity index (χ2v) is 4.32. The zero-order valence-electron chi connectivity index (χ0n) is 9.80. The molecule has 17 heavy (non-hydrogen) atoms. The Hall–Kier alpha value is -1.62. The number of aromatic nitrogens is 1. The van der Waals surface area contributed by atoms with E-state index in [-0.39, 0.29) is 11.9 Å². The molecule has 1 aliphatic heterocycles. The van der Waals surface area contributed by atoms with Gasteiger partial charge in [0.05, 0.1) is 17.6 Å². The first kappa shape index (κ1) is 11.9. The molecule has 0 bridgehead atoms. The molecule has 92 valence electrons. The van der Waals surface area contributed by atoms with E-state index in [1.165, 1.54) is 0 Å². The zero-order chi connectivity index (χ0) is 12.3. The summed E-state index contributed by atoms with van der Waals surface area (Å²) in [6.07, 6.45) is 4.73. The van der Waals surface area contributed by atoms with Crippen LogP contribution in [0.1, 0.15) is 25.0 Å². The van der Waals surface area contributed by atoms with Gasteiger partial charge in [-0.05, 0) is 31.4 Å². The van der Waals surface area contributed by atoms with Gasteiger partial charge in [0.1, 0.15) is 6.04 Å². The molecule has 1 aliphatic rings. The summed E-state index contributed by atoms with van der Waals surface area (Å²) in [7, 11) is 0. The van der Waals surface area contributed by atoms with Gasteiger partial charge in [-0.15, -0.1) is 0 Å². The molecule has 1 amide bonds. The third kappa shape index (κ3) is 2.55. The summed E-state index contributed by atoms with van der Waals surface area (Å²) in [6, 6.07) is 3.65. The lowest BCUT2D eigenvalue weighted by Gasteiger charge is -2.35. The highest BCUT2D eigenvalue weighted by atomic mass is 16.1. The molecule has 5 nitrogen and oxygen atoms in total. The summed E-state index contributed by atoms with van der Waals surface area (Å²) in [5.74, 6) is -0.257. The maximum absolute atomic E-state index is 11.4. The van der Waals surface area contributed by atoms with Crippen molar-refractivity contribution in [3.8, 4) is 0 Å². The van der Waals surface area contributed by atoms with Gasteiger partial charge in [0, 0.05) is 13.1 Å². The number of primary amides is 1. The van der Waals surface area contributed by atoms with Crippen LogP contribution in [0, 0.1) is 0 Å². The predicted molar refractivity (Wildman–Crippen MR) is 66.3 cm³/mol. The summed E-state index contributed by atoms with van der Waals surface area (Å²) < 4.78 is 0. The normalized spacial score (nSPS) is 20.3. The Morgan fingerprint density at radius 3 is 2.88 bits per heavy atom. The van der Waals surface area contributed by atoms with Gasteiger partial charge in [0.15, 0.2) is 0 Å². The Balaban J connectivity index is 2.20. The maximum atomic E-state index is 11.4. The molecule has 4 N–H and O–H groups in total. The van der Waals surface area contributed by atoms with E-state index >= 15 is 0 Å². The predicted octanol–water partition coefficient (Wildman–Crippen LogP) is 0.385. The van der Waals surface area contributed by atoms with Crippen molar-refractivity contribution in [1.82, 2.24) is 4.98 Å². The summed E-state index contributed by atoms with van der Waals surface area (Å²) in [4.78, 5) is 17.7. The number of hydrogen-bond acceptors (Lipinski definition) is 4. The summed E-state index contributed by atoms with van der Waals surface area (Å²) in [6.45, 7) is 1.29. The first-order chi connectivity index (χ1) is 8.22. The monoisotopic (exact) mass is 234 g/mol. The van der Waals surface area contributed by atoms with Crippen LogP contribution >= 0.6 is 0 Å². The van der Waals surface area contributed by atoms with Crippen molar-refractivity contribution in [2.45, 2.75) is 31.8 Å². The first-order valence-corrected chi connectivity index (χ1v) is 5.93. The van der Waals surface area contributed by atoms with E-state index in [1.54, 1.807) is 6.20 Å². The summed E-state index contributed by atoms with van der Waals surface area (Å²) in [5, 5.41) is 0. The van der Waals surface area contributed by atoms with Gasteiger partial charge in [-0.25, -0.2) is 0 Å². The highest BCUT2D eigenvalue weighted by molar-refractivity contribution is 5.83. The van der Waals surface area contributed by atoms with Crippen LogP contribution in [0.5, 0.6) is 0 Å². The Kier molecular flexibility index (Phi) is 3.58. The largest absolute Gasteiger partial charge is 0.368 e. The van der Waals surface area contributed by atoms with Gasteiger partial charge in [-0.1, -0.05) is 0 Å². The number of amides is 1. The highest BCUT2D eigenvalue weighted by Crippen LogP contribution is 2.24. The average molecular weight is 234 g/mol. The van der Waals surface area contributed by atoms with E-state index in [0.717, 1.165) is 37.2 Å². The van der Waals surface area contributed by atoms with Crippen molar-refractivity contribution >= 4 is 11.6 Å². The fourth-order valence-electron chi connectivity index (χ4n) is 2.24. The fourth-order valence-corrected chi connectivity index (χ4v) is 2.24. The van der Waals surface area contributed by atoms with Crippen LogP contribution in [0.25, 0.3) is 0 Å². The quantitative estimate of drug-likeness (QED) is 0.792. The number of piperidine rings is 1. The smallest absolute Gasteiger partial charge is 0.240 e. The SMILES string of the molecule is NCc1ccc(N2CCCCC2C(N)=O)cn1. The fraction of sp³-hybridized carbons (Fsp3) is 0.500. The summed E-state index contributed by atoms with van der Waals surface area (Å²) >= 11 is 0. The number of hydrogen-bond donors (Lipinski definition) is 2. The number of anilines is 1. The molecule has 0 radical (unpaired) electrons. The molecule has 1 aromatic rings. The van der Waals surface area contributed by atoms with E-state index in [1.807, 2.05) is 17.0 Å². The molecule has 0 aromatic carbocycles. The summed E-state index contributed by atoms with van der Waals surface area (Å²) in [5.41, 5.74) is 12.7. The number of pyridine rings is 1. The average Bonchev–Trinajstić information content (AvgIpc) is 2.39. The van der Waals surface area contributed by atoms with Crippen molar-refractivity contribution in [3.63, 3.8) is 0 Å². The lowest BCUT2D eigenvalue weighted by atomic mass is 10.0. The number of carbonyl (C=O) groups is 1. The van der Waals surface area contributed by atoms with Crippen LogP contribution < -0.4 is 16.4 Å². The third-order valence-electron chi connectivity index (χ3n) is 3.18. The molecule has 1 saturated heterocycles. The second kappa shape index (κ2) is 5.14. The van der Waals surface area contributed by atoms with Crippen molar-refractivity contribution in [2.24, 2.45) is 11.5 Å². The van der Waals surface area contributed by atoms with Gasteiger partial charge >= 0.3 is 0 Å². The zero-order valence-corrected chi connectivity index (χ0v) is 9.80. The van der Waals surface area contributed by atoms with E-state index in [2.05, 4.69) is 4.98 Å². The van der Waals surface area contributed by atoms with Gasteiger partial charge in [0.25, 0.3) is 0 Å². The molecule has 2 heterocycles. The molecular formula is C12H18N4O. The minimum Gasteiger partial charge on any atom is -0.368 e. The van der Waals surface area contributed by atoms with Crippen LogP contribution in [0.2, 0.25) is 0 Å². The molecular weight excluding hydrogens is 216 g/mol. The third-order valence-corrected chi connectivity index (χ3v) is 3.18. The Bertz CT molecular complexity index is 390. The number of rotatable bonds is 3. The van der Waals surface area contributed by atoms with Gasteiger partial charge in [-0.3, -0.25) is 9.78 Å². The van der Waals surface area contributed by atoms with Crippen LogP contribution in [-0.2, 0) is 11.3 Å². The van der Waals surface area contributed by atoms with Gasteiger partial charge in [-0.2, -0.15) is 0 Å². The van der Waals surface area contributed by atoms with E-state index < -0.39 is 0 Å². The molecule has 1 unspecified atom stereocenters. The van der Waals surface area contributed by atoms with Gasteiger partial charge < -0.3 is 16.4 Å². The Labute approximate surface area is 101 Å². The number of carbonyl (C=O) groups excluding carboxylic acids is 1. The van der Waals surface area contributed by atoms with E-state index in [9.17, 15) is 4.79 Å². The van der Waals surface area contributed by atoms with Crippen LogP contribution in [0.4, 0.5) is 5.69 Å². The molecule has 0 aliphatic carbocycles. The number of nitrogens with two attached hydrogens (primary N) is 2. The molecule has 2 rings (SSSR count). The first-order valence-electron chi connectivity index (χ1n) is 5.93. The molecule has 1 atom stereocenters. The molecule has 1 aromatic heterocycles. The minimum absolute atomic E-state index is 0.200. The molecule has 1 fully saturated rings. The van der Waals surface area contributed by atoms with Gasteiger partial charge in [0.2, 0.25) is 5.91 Å². The Morgan fingerprint density at radius 2 is 2.29 bits per heavy atom. The standard InChI is InChI=1S/C12H18N4O/c13-7-9-4-5-10(8-15-9)16-6-2-1-3-11(16)12(14)17/h4-5,8,11H,1-3,6-7,13H2,(H2,14,17). The topological polar surface area (TPSA) is 85.2 Å². The van der Waals surface area contributed by atoms with Crippen LogP contribution in [0.15, 0.2) is 18.3 Å². The highest BCUT2D eigenvalue weighted by Gasteiger charge is 2.27. The lowest BCUT2D eigenvalue weighted by Crippen LogP contribution is -2.47. The number of nitrogens with zero attached hydrogens (tertiary/aromatic N) is 2. The van der Waals surface area contributed by atoms with Crippen molar-refractivity contribution < 1.29 is 4.79 Å². The van der Waals surface area contributed by atoms with E-state index in [0.29, 0.717) is 6.54 Å². The van der Waals surface area contributed by atoms with Crippen molar-refractivity contribution in [2.75, 3.05) is 11.4 Å². The molecule has 0 spiro atoms. The van der Waals surface area contributed by atoms with Crippen LogP contribution in [0.3, 0.4) is 0 Å². The molecule has 0 saturated carbocycles.